The predicted octanol–water partition coefficient (Wildman–Crippen LogP) is -1.62. The van der Waals surface area contributed by atoms with E-state index < -0.39 is 36.6 Å². The second kappa shape index (κ2) is 10.2. The Morgan fingerprint density at radius 2 is 1.76 bits per heavy atom. The number of ether oxygens (including phenoxy) is 2. The number of likely N-dealkylation sites (N-methyl/N-ethyl adjacent to an activating group) is 1. The normalized spacial score (nSPS) is 29.5. The van der Waals surface area contributed by atoms with E-state index >= 15 is 0 Å². The van der Waals surface area contributed by atoms with E-state index in [-0.39, 0.29) is 37.9 Å². The monoisotopic (exact) mass is 385 g/mol. The lowest BCUT2D eigenvalue weighted by atomic mass is 9.97. The fourth-order valence-electron chi connectivity index (χ4n) is 2.33. The van der Waals surface area contributed by atoms with Crippen LogP contribution in [0.5, 0.6) is 0 Å². The largest absolute Gasteiger partial charge is 0.459 e. The van der Waals surface area contributed by atoms with Gasteiger partial charge in [-0.3, -0.25) is 4.79 Å². The SMILES string of the molecule is CCCC(=O)N[C@H]1C(O)O[C@H](COC(=O)C[N+](C)(C)C)[C@@H](O)[C@@H]1O.Cl. The number of esters is 1. The van der Waals surface area contributed by atoms with E-state index in [1.807, 2.05) is 28.1 Å². The topological polar surface area (TPSA) is 125 Å². The maximum absolute atomic E-state index is 11.7. The van der Waals surface area contributed by atoms with Gasteiger partial charge < -0.3 is 34.6 Å². The standard InChI is InChI=1S/C15H28N2O7.ClH/c1-5-6-10(18)16-12-14(21)13(20)9(24-15(12)22)8-23-11(19)7-17(2,3)4;/h9,12-15,20-22H,5-8H2,1-4H3;1H/p+1/t9-,12-,13-,14-,15?;/m1./s1. The van der Waals surface area contributed by atoms with Crippen molar-refractivity contribution in [2.24, 2.45) is 0 Å². The van der Waals surface area contributed by atoms with Crippen molar-refractivity contribution in [2.45, 2.75) is 50.4 Å². The van der Waals surface area contributed by atoms with Crippen molar-refractivity contribution in [2.75, 3.05) is 34.3 Å². The summed E-state index contributed by atoms with van der Waals surface area (Å²) in [4.78, 5) is 23.3. The van der Waals surface area contributed by atoms with Gasteiger partial charge in [0, 0.05) is 6.42 Å². The number of aliphatic hydroxyl groups excluding tert-OH is 3. The van der Waals surface area contributed by atoms with E-state index in [9.17, 15) is 24.9 Å². The van der Waals surface area contributed by atoms with Crippen LogP contribution in [-0.4, -0.2) is 96.6 Å². The Morgan fingerprint density at radius 1 is 1.16 bits per heavy atom. The molecule has 0 aromatic rings. The van der Waals surface area contributed by atoms with Crippen molar-refractivity contribution in [1.29, 1.82) is 0 Å². The lowest BCUT2D eigenvalue weighted by Gasteiger charge is -2.40. The Balaban J connectivity index is 0.00000576. The number of quaternary nitrogens is 1. The van der Waals surface area contributed by atoms with E-state index in [2.05, 4.69) is 5.32 Å². The fourth-order valence-corrected chi connectivity index (χ4v) is 2.33. The molecule has 0 aromatic carbocycles. The molecule has 1 aliphatic heterocycles. The number of amides is 1. The Morgan fingerprint density at radius 3 is 2.28 bits per heavy atom. The number of hydrogen-bond acceptors (Lipinski definition) is 7. The zero-order valence-electron chi connectivity index (χ0n) is 15.0. The van der Waals surface area contributed by atoms with Gasteiger partial charge in [0.25, 0.3) is 0 Å². The number of nitrogens with zero attached hydrogens (tertiary/aromatic N) is 1. The van der Waals surface area contributed by atoms with Crippen molar-refractivity contribution < 1.29 is 38.9 Å². The van der Waals surface area contributed by atoms with E-state index in [0.29, 0.717) is 10.9 Å². The van der Waals surface area contributed by atoms with Crippen LogP contribution in [-0.2, 0) is 19.1 Å². The van der Waals surface area contributed by atoms with E-state index in [1.165, 1.54) is 0 Å². The number of halogens is 1. The molecule has 0 radical (unpaired) electrons. The van der Waals surface area contributed by atoms with Gasteiger partial charge in [0.2, 0.25) is 5.91 Å². The average molecular weight is 386 g/mol. The van der Waals surface area contributed by atoms with E-state index in [0.717, 1.165) is 0 Å². The molecule has 148 valence electrons. The molecule has 4 N–H and O–H groups in total. The molecular weight excluding hydrogens is 356 g/mol. The lowest BCUT2D eigenvalue weighted by Crippen LogP contribution is -2.64. The summed E-state index contributed by atoms with van der Waals surface area (Å²) in [6, 6.07) is -1.14. The maximum atomic E-state index is 11.7. The van der Waals surface area contributed by atoms with Gasteiger partial charge in [-0.05, 0) is 6.42 Å². The molecule has 5 atom stereocenters. The molecule has 1 fully saturated rings. The number of rotatable bonds is 7. The van der Waals surface area contributed by atoms with Crippen LogP contribution in [0.2, 0.25) is 0 Å². The fraction of sp³-hybridized carbons (Fsp3) is 0.867. The van der Waals surface area contributed by atoms with Gasteiger partial charge in [-0.25, -0.2) is 4.79 Å². The van der Waals surface area contributed by atoms with Crippen LogP contribution in [0.15, 0.2) is 0 Å². The van der Waals surface area contributed by atoms with Gasteiger partial charge in [-0.2, -0.15) is 0 Å². The highest BCUT2D eigenvalue weighted by atomic mass is 35.5. The van der Waals surface area contributed by atoms with Gasteiger partial charge in [0.1, 0.15) is 31.0 Å². The third-order valence-corrected chi connectivity index (χ3v) is 3.54. The molecule has 10 heteroatoms. The summed E-state index contributed by atoms with van der Waals surface area (Å²) in [7, 11) is 5.47. The summed E-state index contributed by atoms with van der Waals surface area (Å²) in [6.07, 6.45) is -4.58. The second-order valence-corrected chi connectivity index (χ2v) is 7.02. The van der Waals surface area contributed by atoms with Crippen molar-refractivity contribution in [3.8, 4) is 0 Å². The summed E-state index contributed by atoms with van der Waals surface area (Å²) in [5.41, 5.74) is 0. The zero-order chi connectivity index (χ0) is 18.5. The van der Waals surface area contributed by atoms with Crippen molar-refractivity contribution >= 4 is 24.3 Å². The molecular formula is C15H30ClN2O7+. The first-order valence-electron chi connectivity index (χ1n) is 8.00. The number of hydrogen-bond donors (Lipinski definition) is 4. The van der Waals surface area contributed by atoms with E-state index in [4.69, 9.17) is 9.47 Å². The summed E-state index contributed by atoms with van der Waals surface area (Å²) >= 11 is 0. The van der Waals surface area contributed by atoms with Gasteiger partial charge >= 0.3 is 5.97 Å². The highest BCUT2D eigenvalue weighted by Crippen LogP contribution is 2.20. The quantitative estimate of drug-likeness (QED) is 0.306. The Bertz CT molecular complexity index is 444. The van der Waals surface area contributed by atoms with Crippen molar-refractivity contribution in [1.82, 2.24) is 5.32 Å². The first-order chi connectivity index (χ1) is 11.0. The van der Waals surface area contributed by atoms with Crippen LogP contribution in [0.1, 0.15) is 19.8 Å². The smallest absolute Gasteiger partial charge is 0.361 e. The Kier molecular flexibility index (Phi) is 9.85. The van der Waals surface area contributed by atoms with Crippen LogP contribution in [0, 0.1) is 0 Å². The van der Waals surface area contributed by atoms with Crippen LogP contribution in [0.4, 0.5) is 0 Å². The van der Waals surface area contributed by atoms with Gasteiger partial charge in [-0.1, -0.05) is 6.92 Å². The first kappa shape index (κ1) is 24.0. The molecule has 0 saturated carbocycles. The summed E-state index contributed by atoms with van der Waals surface area (Å²) < 4.78 is 10.6. The molecule has 1 unspecified atom stereocenters. The Hall–Kier alpha value is -0.970. The Labute approximate surface area is 153 Å². The minimum Gasteiger partial charge on any atom is -0.459 e. The third-order valence-electron chi connectivity index (χ3n) is 3.54. The minimum absolute atomic E-state index is 0. The minimum atomic E-state index is -1.51. The molecule has 9 nitrogen and oxygen atoms in total. The van der Waals surface area contributed by atoms with Crippen LogP contribution >= 0.6 is 12.4 Å². The molecule has 0 aromatic heterocycles. The van der Waals surface area contributed by atoms with Crippen molar-refractivity contribution in [3.05, 3.63) is 0 Å². The summed E-state index contributed by atoms with van der Waals surface area (Å²) in [5.74, 6) is -0.843. The average Bonchev–Trinajstić information content (AvgIpc) is 2.44. The molecule has 1 saturated heterocycles. The number of nitrogens with one attached hydrogen (secondary N) is 1. The molecule has 1 amide bonds. The predicted molar refractivity (Wildman–Crippen MR) is 90.8 cm³/mol. The second-order valence-electron chi connectivity index (χ2n) is 7.02. The molecule has 0 spiro atoms. The summed E-state index contributed by atoms with van der Waals surface area (Å²) in [5, 5.41) is 32.6. The molecule has 1 rings (SSSR count). The van der Waals surface area contributed by atoms with Gasteiger partial charge in [0.15, 0.2) is 12.8 Å². The number of carbonyl (C=O) groups excluding carboxylic acids is 2. The highest BCUT2D eigenvalue weighted by molar-refractivity contribution is 5.85. The molecule has 1 aliphatic rings. The summed E-state index contributed by atoms with van der Waals surface area (Å²) in [6.45, 7) is 1.65. The van der Waals surface area contributed by atoms with Crippen molar-refractivity contribution in [3.63, 3.8) is 0 Å². The third kappa shape index (κ3) is 7.85. The van der Waals surface area contributed by atoms with Crippen LogP contribution in [0.25, 0.3) is 0 Å². The molecule has 0 bridgehead atoms. The lowest BCUT2D eigenvalue weighted by molar-refractivity contribution is -0.862. The van der Waals surface area contributed by atoms with E-state index in [1.54, 1.807) is 0 Å². The number of aliphatic hydroxyl groups is 3. The van der Waals surface area contributed by atoms with Gasteiger partial charge in [-0.15, -0.1) is 12.4 Å². The van der Waals surface area contributed by atoms with Gasteiger partial charge in [0.05, 0.1) is 21.1 Å². The molecule has 0 aliphatic carbocycles. The van der Waals surface area contributed by atoms with Crippen LogP contribution in [0.3, 0.4) is 0 Å². The number of carbonyl (C=O) groups is 2. The zero-order valence-corrected chi connectivity index (χ0v) is 15.9. The molecule has 1 heterocycles. The van der Waals surface area contributed by atoms with Crippen LogP contribution < -0.4 is 5.32 Å². The maximum Gasteiger partial charge on any atom is 0.361 e. The first-order valence-corrected chi connectivity index (χ1v) is 8.00. The highest BCUT2D eigenvalue weighted by Gasteiger charge is 2.45. The molecule has 25 heavy (non-hydrogen) atoms.